The molecule has 0 aliphatic rings. The molecule has 0 unspecified atom stereocenters. The van der Waals surface area contributed by atoms with Crippen LogP contribution in [0.5, 0.6) is 0 Å². The van der Waals surface area contributed by atoms with Gasteiger partial charge in [-0.05, 0) is 65.2 Å². The fraction of sp³-hybridized carbons (Fsp3) is 0.167. The largest absolute Gasteiger partial charge is 0.454 e. The summed E-state index contributed by atoms with van der Waals surface area (Å²) in [6.07, 6.45) is 1.76. The third-order valence-electron chi connectivity index (χ3n) is 7.51. The summed E-state index contributed by atoms with van der Waals surface area (Å²) in [5.41, 5.74) is 9.18. The molecule has 39 heavy (non-hydrogen) atoms. The molecule has 0 saturated carbocycles. The summed E-state index contributed by atoms with van der Waals surface area (Å²) in [5, 5.41) is 11.9. The van der Waals surface area contributed by atoms with Crippen molar-refractivity contribution in [1.82, 2.24) is 0 Å². The SMILES string of the molecule is [2H]C([2H])([2H])c1cc[n+](C)c(-c2c(C)ccc3c2oc2c(-c4ccc(-c5ccc(C([2H])(C)C)cc5)cc4)c(C#N)ccc23)c1. The second-order valence-electron chi connectivity index (χ2n) is 10.3. The van der Waals surface area contributed by atoms with Crippen molar-refractivity contribution in [1.29, 1.82) is 5.26 Å². The van der Waals surface area contributed by atoms with E-state index < -0.39 is 12.7 Å². The number of aryl methyl sites for hydroxylation is 3. The molecule has 4 aromatic carbocycles. The van der Waals surface area contributed by atoms with Crippen LogP contribution in [-0.2, 0) is 7.05 Å². The van der Waals surface area contributed by atoms with Crippen LogP contribution in [-0.4, -0.2) is 0 Å². The summed E-state index contributed by atoms with van der Waals surface area (Å²) in [7, 11) is 1.89. The quantitative estimate of drug-likeness (QED) is 0.222. The van der Waals surface area contributed by atoms with E-state index in [1.165, 1.54) is 0 Å². The molecule has 0 atom stereocenters. The summed E-state index contributed by atoms with van der Waals surface area (Å²) >= 11 is 0. The molecule has 0 N–H and O–H groups in total. The monoisotopic (exact) mass is 511 g/mol. The molecule has 2 heterocycles. The van der Waals surface area contributed by atoms with Crippen molar-refractivity contribution < 1.29 is 14.5 Å². The molecule has 0 radical (unpaired) electrons. The Morgan fingerprint density at radius 1 is 0.821 bits per heavy atom. The zero-order valence-corrected chi connectivity index (χ0v) is 22.5. The summed E-state index contributed by atoms with van der Waals surface area (Å²) in [5.74, 6) is -0.657. The van der Waals surface area contributed by atoms with Gasteiger partial charge in [0.1, 0.15) is 18.2 Å². The molecular weight excluding hydrogens is 476 g/mol. The van der Waals surface area contributed by atoms with Gasteiger partial charge in [-0.25, -0.2) is 4.57 Å². The van der Waals surface area contributed by atoms with Crippen LogP contribution in [0.15, 0.2) is 95.5 Å². The van der Waals surface area contributed by atoms with Crippen molar-refractivity contribution >= 4 is 21.9 Å². The molecule has 0 aliphatic carbocycles. The molecule has 190 valence electrons. The van der Waals surface area contributed by atoms with E-state index in [-0.39, 0.29) is 5.56 Å². The van der Waals surface area contributed by atoms with Gasteiger partial charge in [0.25, 0.3) is 0 Å². The molecule has 0 aliphatic heterocycles. The second kappa shape index (κ2) is 9.57. The van der Waals surface area contributed by atoms with Crippen molar-refractivity contribution in [3.8, 4) is 39.6 Å². The van der Waals surface area contributed by atoms with E-state index in [1.54, 1.807) is 18.3 Å². The highest BCUT2D eigenvalue weighted by molar-refractivity contribution is 6.14. The normalized spacial score (nSPS) is 13.5. The smallest absolute Gasteiger partial charge is 0.216 e. The molecule has 0 saturated heterocycles. The number of aromatic nitrogens is 1. The zero-order valence-electron chi connectivity index (χ0n) is 26.5. The highest BCUT2D eigenvalue weighted by Gasteiger charge is 2.23. The average molecular weight is 512 g/mol. The molecule has 0 spiro atoms. The Labute approximate surface area is 235 Å². The molecule has 0 amide bonds. The predicted octanol–water partition coefficient (Wildman–Crippen LogP) is 9.02. The number of furan rings is 1. The lowest BCUT2D eigenvalue weighted by Gasteiger charge is -2.09. The number of nitrogens with zero attached hydrogens (tertiary/aromatic N) is 2. The Balaban J connectivity index is 1.52. The van der Waals surface area contributed by atoms with Gasteiger partial charge < -0.3 is 4.42 Å². The second-order valence-corrected chi connectivity index (χ2v) is 10.3. The number of fused-ring (bicyclic) bond motifs is 3. The van der Waals surface area contributed by atoms with Crippen LogP contribution in [0.25, 0.3) is 55.4 Å². The third kappa shape index (κ3) is 4.19. The predicted molar refractivity (Wildman–Crippen MR) is 159 cm³/mol. The third-order valence-corrected chi connectivity index (χ3v) is 7.51. The minimum atomic E-state index is -2.24. The first kappa shape index (κ1) is 20.3. The highest BCUT2D eigenvalue weighted by Crippen LogP contribution is 2.42. The maximum Gasteiger partial charge on any atom is 0.216 e. The van der Waals surface area contributed by atoms with Gasteiger partial charge in [-0.1, -0.05) is 74.5 Å². The molecule has 0 fully saturated rings. The number of nitriles is 1. The van der Waals surface area contributed by atoms with E-state index >= 15 is 0 Å². The maximum absolute atomic E-state index is 10.1. The molecule has 6 aromatic rings. The topological polar surface area (TPSA) is 40.8 Å². The van der Waals surface area contributed by atoms with Gasteiger partial charge in [-0.3, -0.25) is 0 Å². The lowest BCUT2D eigenvalue weighted by molar-refractivity contribution is -0.660. The fourth-order valence-corrected chi connectivity index (χ4v) is 5.34. The van der Waals surface area contributed by atoms with Gasteiger partial charge in [0.05, 0.1) is 17.2 Å². The van der Waals surface area contributed by atoms with Crippen LogP contribution < -0.4 is 4.57 Å². The van der Waals surface area contributed by atoms with E-state index in [0.717, 1.165) is 55.4 Å². The van der Waals surface area contributed by atoms with Crippen LogP contribution in [0, 0.1) is 25.1 Å². The van der Waals surface area contributed by atoms with Crippen LogP contribution in [0.2, 0.25) is 0 Å². The Kier molecular flexibility index (Phi) is 4.98. The number of benzene rings is 4. The van der Waals surface area contributed by atoms with E-state index in [4.69, 9.17) is 9.90 Å². The molecular formula is C36H31N2O+. The van der Waals surface area contributed by atoms with Crippen LogP contribution >= 0.6 is 0 Å². The van der Waals surface area contributed by atoms with Gasteiger partial charge in [0.2, 0.25) is 5.69 Å². The number of hydrogen-bond acceptors (Lipinski definition) is 2. The first-order valence-corrected chi connectivity index (χ1v) is 13.0. The lowest BCUT2D eigenvalue weighted by atomic mass is 9.94. The number of hydrogen-bond donors (Lipinski definition) is 0. The lowest BCUT2D eigenvalue weighted by Crippen LogP contribution is -2.30. The number of rotatable bonds is 4. The van der Waals surface area contributed by atoms with Gasteiger partial charge in [-0.15, -0.1) is 0 Å². The Morgan fingerprint density at radius 3 is 2.08 bits per heavy atom. The van der Waals surface area contributed by atoms with Crippen molar-refractivity contribution in [2.45, 2.75) is 33.5 Å². The van der Waals surface area contributed by atoms with E-state index in [2.05, 4.69) is 6.07 Å². The van der Waals surface area contributed by atoms with Crippen LogP contribution in [0.3, 0.4) is 0 Å². The summed E-state index contributed by atoms with van der Waals surface area (Å²) in [6, 6.07) is 29.6. The van der Waals surface area contributed by atoms with Crippen molar-refractivity contribution in [2.24, 2.45) is 7.05 Å². The maximum atomic E-state index is 10.1. The summed E-state index contributed by atoms with van der Waals surface area (Å²) in [6.45, 7) is 3.50. The average Bonchev–Trinajstić information content (AvgIpc) is 3.35. The standard InChI is InChI=1S/C36H31N2O/c1-22(2)25-7-9-26(10-8-25)27-11-13-28(14-12-27)34-29(21-37)15-17-31-30-16-6-24(4)33(35(30)39-36(31)34)32-20-23(3)18-19-38(32)5/h6-20,22H,1-5H3/q+1/i3D3,22D. The minimum absolute atomic E-state index is 0.263. The van der Waals surface area contributed by atoms with Crippen molar-refractivity contribution in [3.05, 3.63) is 113 Å². The molecule has 6 rings (SSSR count). The van der Waals surface area contributed by atoms with Crippen molar-refractivity contribution in [3.63, 3.8) is 0 Å². The van der Waals surface area contributed by atoms with Gasteiger partial charge in [-0.2, -0.15) is 5.26 Å². The molecule has 3 heteroatoms. The molecule has 3 nitrogen and oxygen atoms in total. The minimum Gasteiger partial charge on any atom is -0.454 e. The summed E-state index contributed by atoms with van der Waals surface area (Å²) < 4.78 is 40.7. The Bertz CT molecular complexity index is 2060. The van der Waals surface area contributed by atoms with E-state index in [1.807, 2.05) is 105 Å². The first-order valence-electron chi connectivity index (χ1n) is 15.0. The Hall–Kier alpha value is -4.68. The van der Waals surface area contributed by atoms with Crippen LogP contribution in [0.1, 0.15) is 47.5 Å². The van der Waals surface area contributed by atoms with Gasteiger partial charge in [0.15, 0.2) is 6.20 Å². The van der Waals surface area contributed by atoms with Crippen LogP contribution in [0.4, 0.5) is 0 Å². The summed E-state index contributed by atoms with van der Waals surface area (Å²) in [4.78, 5) is 0. The van der Waals surface area contributed by atoms with Crippen molar-refractivity contribution in [2.75, 3.05) is 0 Å². The molecule has 2 aromatic heterocycles. The molecule has 0 bridgehead atoms. The first-order chi connectivity index (χ1) is 20.4. The fourth-order valence-electron chi connectivity index (χ4n) is 5.34. The highest BCUT2D eigenvalue weighted by atomic mass is 16.3. The van der Waals surface area contributed by atoms with Gasteiger partial charge in [0, 0.05) is 34.0 Å². The van der Waals surface area contributed by atoms with E-state index in [0.29, 0.717) is 16.7 Å². The zero-order chi connectivity index (χ0) is 30.7. The van der Waals surface area contributed by atoms with Gasteiger partial charge >= 0.3 is 0 Å². The number of pyridine rings is 1. The van der Waals surface area contributed by atoms with E-state index in [9.17, 15) is 5.26 Å². The Morgan fingerprint density at radius 2 is 1.44 bits per heavy atom.